The van der Waals surface area contributed by atoms with E-state index in [1.807, 2.05) is 20.8 Å². The second kappa shape index (κ2) is 6.97. The van der Waals surface area contributed by atoms with E-state index in [0.717, 1.165) is 13.0 Å². The molecule has 0 radical (unpaired) electrons. The molecule has 0 aliphatic heterocycles. The predicted octanol–water partition coefficient (Wildman–Crippen LogP) is -2.85. The van der Waals surface area contributed by atoms with Gasteiger partial charge in [-0.2, -0.15) is 0 Å². The summed E-state index contributed by atoms with van der Waals surface area (Å²) in [4.78, 5) is 11.0. The molecule has 0 heterocycles. The van der Waals surface area contributed by atoms with Gasteiger partial charge in [0.15, 0.2) is 0 Å². The Morgan fingerprint density at radius 3 is 2.38 bits per heavy atom. The van der Waals surface area contributed by atoms with Crippen LogP contribution in [0.2, 0.25) is 0 Å². The molecule has 1 amide bonds. The average Bonchev–Trinajstić information content (AvgIpc) is 1.84. The molecule has 4 nitrogen and oxygen atoms in total. The zero-order valence-corrected chi connectivity index (χ0v) is 9.28. The highest BCUT2D eigenvalue weighted by atomic mass is 35.5. The third-order valence-electron chi connectivity index (χ3n) is 1.09. The molecule has 0 saturated heterocycles. The molecule has 0 aliphatic rings. The third-order valence-corrected chi connectivity index (χ3v) is 1.09. The van der Waals surface area contributed by atoms with Crippen LogP contribution < -0.4 is 23.5 Å². The number of hydrogen-bond donors (Lipinski definition) is 2. The fourth-order valence-corrected chi connectivity index (χ4v) is 0.630. The fourth-order valence-electron chi connectivity index (χ4n) is 0.630. The molecular weight excluding hydrogens is 192 g/mol. The van der Waals surface area contributed by atoms with E-state index in [9.17, 15) is 4.79 Å². The summed E-state index contributed by atoms with van der Waals surface area (Å²) in [7, 11) is 0. The van der Waals surface area contributed by atoms with Crippen LogP contribution in [0.4, 0.5) is 4.79 Å². The van der Waals surface area contributed by atoms with Crippen molar-refractivity contribution < 1.29 is 27.7 Å². The van der Waals surface area contributed by atoms with Gasteiger partial charge in [0.25, 0.3) is 0 Å². The SMILES string of the molecule is CC(C)(C)OC(=O)NCCC[NH3+].[Cl-]. The summed E-state index contributed by atoms with van der Waals surface area (Å²) in [5, 5.41) is 2.64. The second-order valence-corrected chi connectivity index (χ2v) is 3.64. The van der Waals surface area contributed by atoms with E-state index in [-0.39, 0.29) is 18.5 Å². The maximum atomic E-state index is 11.0. The van der Waals surface area contributed by atoms with Crippen molar-refractivity contribution in [2.75, 3.05) is 13.1 Å². The van der Waals surface area contributed by atoms with Crippen molar-refractivity contribution in [3.63, 3.8) is 0 Å². The standard InChI is InChI=1S/C8H18N2O2.ClH/c1-8(2,3)12-7(11)10-6-4-5-9;/h4-6,9H2,1-3H3,(H,10,11);1H. The van der Waals surface area contributed by atoms with E-state index in [4.69, 9.17) is 4.74 Å². The van der Waals surface area contributed by atoms with Crippen molar-refractivity contribution in [2.45, 2.75) is 32.8 Å². The van der Waals surface area contributed by atoms with E-state index >= 15 is 0 Å². The molecule has 0 saturated carbocycles. The van der Waals surface area contributed by atoms with E-state index in [1.165, 1.54) is 0 Å². The van der Waals surface area contributed by atoms with Gasteiger partial charge in [0.05, 0.1) is 6.54 Å². The maximum Gasteiger partial charge on any atom is 0.407 e. The Bertz CT molecular complexity index is 146. The fraction of sp³-hybridized carbons (Fsp3) is 0.875. The van der Waals surface area contributed by atoms with Gasteiger partial charge >= 0.3 is 6.09 Å². The molecule has 0 bridgehead atoms. The first-order chi connectivity index (χ1) is 5.45. The van der Waals surface area contributed by atoms with Crippen LogP contribution in [0, 0.1) is 0 Å². The van der Waals surface area contributed by atoms with Crippen LogP contribution in [-0.4, -0.2) is 24.8 Å². The van der Waals surface area contributed by atoms with Gasteiger partial charge in [0, 0.05) is 13.0 Å². The van der Waals surface area contributed by atoms with E-state index in [0.29, 0.717) is 6.54 Å². The molecule has 0 aromatic heterocycles. The van der Waals surface area contributed by atoms with Crippen LogP contribution in [0.25, 0.3) is 0 Å². The Hall–Kier alpha value is -0.480. The minimum atomic E-state index is -0.408. The molecular formula is C8H19ClN2O2. The van der Waals surface area contributed by atoms with Crippen LogP contribution in [-0.2, 0) is 4.74 Å². The highest BCUT2D eigenvalue weighted by molar-refractivity contribution is 5.67. The maximum absolute atomic E-state index is 11.0. The third kappa shape index (κ3) is 11.5. The smallest absolute Gasteiger partial charge is 0.407 e. The highest BCUT2D eigenvalue weighted by Crippen LogP contribution is 2.05. The van der Waals surface area contributed by atoms with Gasteiger partial charge in [-0.1, -0.05) is 0 Å². The Balaban J connectivity index is 0. The first-order valence-electron chi connectivity index (χ1n) is 4.22. The van der Waals surface area contributed by atoms with Crippen LogP contribution in [0.3, 0.4) is 0 Å². The highest BCUT2D eigenvalue weighted by Gasteiger charge is 2.15. The number of amides is 1. The predicted molar refractivity (Wildman–Crippen MR) is 46.6 cm³/mol. The number of alkyl carbamates (subject to hydrolysis) is 1. The zero-order valence-electron chi connectivity index (χ0n) is 8.52. The molecule has 0 fully saturated rings. The normalized spacial score (nSPS) is 10.2. The van der Waals surface area contributed by atoms with Crippen molar-refractivity contribution in [1.29, 1.82) is 0 Å². The number of halogens is 1. The quantitative estimate of drug-likeness (QED) is 0.493. The number of hydrogen-bond acceptors (Lipinski definition) is 2. The molecule has 13 heavy (non-hydrogen) atoms. The molecule has 0 spiro atoms. The summed E-state index contributed by atoms with van der Waals surface area (Å²) in [6.07, 6.45) is 0.537. The molecule has 0 aliphatic carbocycles. The number of quaternary nitrogens is 1. The summed E-state index contributed by atoms with van der Waals surface area (Å²) >= 11 is 0. The van der Waals surface area contributed by atoms with Crippen molar-refractivity contribution in [3.05, 3.63) is 0 Å². The van der Waals surface area contributed by atoms with Gasteiger partial charge in [-0.3, -0.25) is 0 Å². The minimum absolute atomic E-state index is 0. The summed E-state index contributed by atoms with van der Waals surface area (Å²) < 4.78 is 5.01. The second-order valence-electron chi connectivity index (χ2n) is 3.64. The Labute approximate surface area is 85.6 Å². The van der Waals surface area contributed by atoms with Crippen molar-refractivity contribution in [2.24, 2.45) is 0 Å². The number of rotatable bonds is 3. The molecule has 4 N–H and O–H groups in total. The lowest BCUT2D eigenvalue weighted by molar-refractivity contribution is -0.367. The molecule has 0 aromatic rings. The van der Waals surface area contributed by atoms with Crippen LogP contribution in [0.5, 0.6) is 0 Å². The molecule has 80 valence electrons. The molecule has 5 heteroatoms. The number of nitrogens with one attached hydrogen (secondary N) is 1. The minimum Gasteiger partial charge on any atom is -1.00 e. The zero-order chi connectivity index (χ0) is 9.61. The van der Waals surface area contributed by atoms with Gasteiger partial charge in [0.1, 0.15) is 5.60 Å². The number of carbonyl (C=O) groups excluding carboxylic acids is 1. The van der Waals surface area contributed by atoms with Gasteiger partial charge < -0.3 is 28.2 Å². The van der Waals surface area contributed by atoms with Gasteiger partial charge in [-0.15, -0.1) is 0 Å². The van der Waals surface area contributed by atoms with Crippen LogP contribution >= 0.6 is 0 Å². The van der Waals surface area contributed by atoms with Crippen LogP contribution in [0.1, 0.15) is 27.2 Å². The molecule has 0 aromatic carbocycles. The van der Waals surface area contributed by atoms with Crippen molar-refractivity contribution >= 4 is 6.09 Å². The lowest BCUT2D eigenvalue weighted by atomic mass is 10.2. The molecule has 0 rings (SSSR count). The lowest BCUT2D eigenvalue weighted by Gasteiger charge is -2.19. The molecule has 0 atom stereocenters. The molecule has 0 unspecified atom stereocenters. The van der Waals surface area contributed by atoms with Gasteiger partial charge in [-0.05, 0) is 20.8 Å². The van der Waals surface area contributed by atoms with Crippen molar-refractivity contribution in [1.82, 2.24) is 5.32 Å². The van der Waals surface area contributed by atoms with Crippen molar-refractivity contribution in [3.8, 4) is 0 Å². The Kier molecular flexibility index (Phi) is 8.05. The summed E-state index contributed by atoms with van der Waals surface area (Å²) in [6, 6.07) is 0. The van der Waals surface area contributed by atoms with E-state index < -0.39 is 5.60 Å². The number of ether oxygens (including phenoxy) is 1. The van der Waals surface area contributed by atoms with Gasteiger partial charge in [0.2, 0.25) is 0 Å². The van der Waals surface area contributed by atoms with E-state index in [2.05, 4.69) is 11.1 Å². The summed E-state index contributed by atoms with van der Waals surface area (Å²) in [5.74, 6) is 0. The Morgan fingerprint density at radius 2 is 2.00 bits per heavy atom. The number of carbonyl (C=O) groups is 1. The summed E-state index contributed by atoms with van der Waals surface area (Å²) in [6.45, 7) is 6.99. The summed E-state index contributed by atoms with van der Waals surface area (Å²) in [5.41, 5.74) is 3.26. The average molecular weight is 211 g/mol. The first kappa shape index (κ1) is 15.0. The lowest BCUT2D eigenvalue weighted by Crippen LogP contribution is -3.00. The monoisotopic (exact) mass is 210 g/mol. The first-order valence-corrected chi connectivity index (χ1v) is 4.22. The van der Waals surface area contributed by atoms with Crippen LogP contribution in [0.15, 0.2) is 0 Å². The Morgan fingerprint density at radius 1 is 1.46 bits per heavy atom. The van der Waals surface area contributed by atoms with Gasteiger partial charge in [-0.25, -0.2) is 4.79 Å². The largest absolute Gasteiger partial charge is 1.00 e. The topological polar surface area (TPSA) is 66.0 Å². The van der Waals surface area contributed by atoms with E-state index in [1.54, 1.807) is 0 Å².